The van der Waals surface area contributed by atoms with E-state index in [1.807, 2.05) is 6.92 Å². The van der Waals surface area contributed by atoms with Crippen LogP contribution in [0.1, 0.15) is 61.4 Å². The van der Waals surface area contributed by atoms with Gasteiger partial charge in [-0.3, -0.25) is 0 Å². The lowest BCUT2D eigenvalue weighted by Crippen LogP contribution is -2.46. The summed E-state index contributed by atoms with van der Waals surface area (Å²) < 4.78 is 46.5. The Kier molecular flexibility index (Phi) is 4.01. The number of carboxylic acids is 1. The molecule has 3 fully saturated rings. The minimum atomic E-state index is -4.57. The molecule has 3 nitrogen and oxygen atoms in total. The van der Waals surface area contributed by atoms with E-state index in [0.29, 0.717) is 24.2 Å². The number of ether oxygens (including phenoxy) is 1. The first-order valence-electron chi connectivity index (χ1n) is 9.39. The third-order valence-corrected chi connectivity index (χ3v) is 7.03. The zero-order chi connectivity index (χ0) is 18.7. The molecule has 0 radical (unpaired) electrons. The normalized spacial score (nSPS) is 35.5. The summed E-state index contributed by atoms with van der Waals surface area (Å²) in [5.74, 6) is 0.477. The third kappa shape index (κ3) is 2.60. The largest absolute Gasteiger partial charge is 0.486 e. The average molecular weight is 368 g/mol. The smallest absolute Gasteiger partial charge is 0.419 e. The van der Waals surface area contributed by atoms with Gasteiger partial charge in [-0.1, -0.05) is 13.3 Å². The molecule has 5 atom stereocenters. The number of fused-ring (bicyclic) bond motifs is 5. The number of hydrogen-bond donors (Lipinski definition) is 1. The lowest BCUT2D eigenvalue weighted by Gasteiger charge is -2.43. The molecule has 0 heterocycles. The molecule has 0 aliphatic heterocycles. The molecule has 26 heavy (non-hydrogen) atoms. The van der Waals surface area contributed by atoms with Crippen molar-refractivity contribution in [1.29, 1.82) is 0 Å². The zero-order valence-electron chi connectivity index (χ0n) is 14.7. The quantitative estimate of drug-likeness (QED) is 0.775. The molecule has 3 aliphatic rings. The SMILES string of the molecule is CCC1(Oc2cc(C(=O)O)ccc2C(F)(F)F)CC2CC1C1CCCC21. The Hall–Kier alpha value is -1.72. The molecule has 0 saturated heterocycles. The molecule has 5 unspecified atom stereocenters. The summed E-state index contributed by atoms with van der Waals surface area (Å²) in [6.07, 6.45) is 1.45. The van der Waals surface area contributed by atoms with Crippen molar-refractivity contribution >= 4 is 5.97 Å². The van der Waals surface area contributed by atoms with Crippen LogP contribution in [-0.4, -0.2) is 16.7 Å². The van der Waals surface area contributed by atoms with Crippen LogP contribution in [0.3, 0.4) is 0 Å². The Morgan fingerprint density at radius 3 is 2.69 bits per heavy atom. The van der Waals surface area contributed by atoms with Crippen molar-refractivity contribution < 1.29 is 27.8 Å². The fourth-order valence-electron chi connectivity index (χ4n) is 6.00. The number of alkyl halides is 3. The van der Waals surface area contributed by atoms with Crippen LogP contribution in [0, 0.1) is 23.7 Å². The highest BCUT2D eigenvalue weighted by Gasteiger charge is 2.61. The number of aromatic carboxylic acids is 1. The molecule has 6 heteroatoms. The van der Waals surface area contributed by atoms with Gasteiger partial charge in [-0.25, -0.2) is 4.79 Å². The Bertz CT molecular complexity index is 730. The molecular formula is C20H23F3O3. The average Bonchev–Trinajstić information content (AvgIpc) is 3.25. The summed E-state index contributed by atoms with van der Waals surface area (Å²) in [4.78, 5) is 11.2. The molecule has 3 aliphatic carbocycles. The van der Waals surface area contributed by atoms with Gasteiger partial charge in [-0.2, -0.15) is 13.2 Å². The summed E-state index contributed by atoms with van der Waals surface area (Å²) in [5.41, 5.74) is -1.67. The lowest BCUT2D eigenvalue weighted by atomic mass is 9.71. The van der Waals surface area contributed by atoms with E-state index in [2.05, 4.69) is 0 Å². The van der Waals surface area contributed by atoms with Crippen LogP contribution in [-0.2, 0) is 6.18 Å². The van der Waals surface area contributed by atoms with E-state index in [0.717, 1.165) is 37.5 Å². The van der Waals surface area contributed by atoms with E-state index in [4.69, 9.17) is 4.74 Å². The second kappa shape index (κ2) is 5.89. The van der Waals surface area contributed by atoms with Crippen LogP contribution in [0.4, 0.5) is 13.2 Å². The summed E-state index contributed by atoms with van der Waals surface area (Å²) in [6, 6.07) is 2.86. The van der Waals surface area contributed by atoms with Gasteiger partial charge in [0.15, 0.2) is 0 Å². The van der Waals surface area contributed by atoms with Crippen molar-refractivity contribution in [3.8, 4) is 5.75 Å². The Labute approximate surface area is 150 Å². The van der Waals surface area contributed by atoms with Gasteiger partial charge in [0.1, 0.15) is 11.4 Å². The van der Waals surface area contributed by atoms with Gasteiger partial charge in [0, 0.05) is 5.92 Å². The van der Waals surface area contributed by atoms with E-state index in [-0.39, 0.29) is 17.2 Å². The molecule has 1 aromatic rings. The van der Waals surface area contributed by atoms with Gasteiger partial charge in [0.25, 0.3) is 0 Å². The van der Waals surface area contributed by atoms with Crippen molar-refractivity contribution in [2.75, 3.05) is 0 Å². The topological polar surface area (TPSA) is 46.5 Å². The second-order valence-electron chi connectivity index (χ2n) is 8.10. The first-order chi connectivity index (χ1) is 12.2. The van der Waals surface area contributed by atoms with Gasteiger partial charge >= 0.3 is 12.1 Å². The van der Waals surface area contributed by atoms with Crippen LogP contribution in [0.5, 0.6) is 5.75 Å². The van der Waals surface area contributed by atoms with Crippen molar-refractivity contribution in [3.05, 3.63) is 29.3 Å². The predicted molar refractivity (Wildman–Crippen MR) is 89.1 cm³/mol. The summed E-state index contributed by atoms with van der Waals surface area (Å²) in [6.45, 7) is 1.97. The Morgan fingerprint density at radius 1 is 1.31 bits per heavy atom. The Morgan fingerprint density at radius 2 is 2.04 bits per heavy atom. The highest BCUT2D eigenvalue weighted by atomic mass is 19.4. The number of halogens is 3. The first kappa shape index (κ1) is 17.7. The minimum absolute atomic E-state index is 0.179. The van der Waals surface area contributed by atoms with E-state index in [1.165, 1.54) is 12.8 Å². The molecule has 4 rings (SSSR count). The lowest BCUT2D eigenvalue weighted by molar-refractivity contribution is -0.141. The van der Waals surface area contributed by atoms with Gasteiger partial charge in [-0.05, 0) is 68.1 Å². The fraction of sp³-hybridized carbons (Fsp3) is 0.650. The van der Waals surface area contributed by atoms with Gasteiger partial charge < -0.3 is 9.84 Å². The first-order valence-corrected chi connectivity index (χ1v) is 9.39. The molecule has 3 saturated carbocycles. The van der Waals surface area contributed by atoms with E-state index < -0.39 is 23.3 Å². The molecule has 0 aromatic heterocycles. The Balaban J connectivity index is 1.71. The number of carbonyl (C=O) groups is 1. The third-order valence-electron chi connectivity index (χ3n) is 7.03. The summed E-state index contributed by atoms with van der Waals surface area (Å²) in [7, 11) is 0. The number of benzene rings is 1. The number of hydrogen-bond acceptors (Lipinski definition) is 2. The monoisotopic (exact) mass is 368 g/mol. The maximum Gasteiger partial charge on any atom is 0.419 e. The van der Waals surface area contributed by atoms with Crippen molar-refractivity contribution in [2.24, 2.45) is 23.7 Å². The van der Waals surface area contributed by atoms with Gasteiger partial charge in [-0.15, -0.1) is 0 Å². The fourth-order valence-corrected chi connectivity index (χ4v) is 6.00. The maximum atomic E-state index is 13.5. The summed E-state index contributed by atoms with van der Waals surface area (Å²) in [5, 5.41) is 9.18. The van der Waals surface area contributed by atoms with Crippen LogP contribution in [0.15, 0.2) is 18.2 Å². The molecule has 0 amide bonds. The standard InChI is InChI=1S/C20H23F3O3/c1-2-19(10-12-8-16(19)14-5-3-4-13(12)14)26-17-9-11(18(24)25)6-7-15(17)20(21,22)23/h6-7,9,12-14,16H,2-5,8,10H2,1H3,(H,24,25). The molecule has 0 spiro atoms. The van der Waals surface area contributed by atoms with E-state index in [9.17, 15) is 23.1 Å². The zero-order valence-corrected chi connectivity index (χ0v) is 14.7. The van der Waals surface area contributed by atoms with Crippen LogP contribution in [0.25, 0.3) is 0 Å². The highest BCUT2D eigenvalue weighted by Crippen LogP contribution is 2.64. The molecule has 1 aromatic carbocycles. The summed E-state index contributed by atoms with van der Waals surface area (Å²) >= 11 is 0. The maximum absolute atomic E-state index is 13.5. The van der Waals surface area contributed by atoms with Crippen LogP contribution >= 0.6 is 0 Å². The van der Waals surface area contributed by atoms with Crippen molar-refractivity contribution in [3.63, 3.8) is 0 Å². The molecule has 2 bridgehead atoms. The van der Waals surface area contributed by atoms with Gasteiger partial charge in [0.05, 0.1) is 11.1 Å². The van der Waals surface area contributed by atoms with Crippen molar-refractivity contribution in [1.82, 2.24) is 0 Å². The van der Waals surface area contributed by atoms with E-state index >= 15 is 0 Å². The van der Waals surface area contributed by atoms with Crippen molar-refractivity contribution in [2.45, 2.75) is 57.2 Å². The minimum Gasteiger partial charge on any atom is -0.486 e. The molecule has 1 N–H and O–H groups in total. The molecular weight excluding hydrogens is 345 g/mol. The number of rotatable bonds is 4. The predicted octanol–water partition coefficient (Wildman–Crippen LogP) is 5.39. The highest BCUT2D eigenvalue weighted by molar-refractivity contribution is 5.88. The van der Waals surface area contributed by atoms with E-state index in [1.54, 1.807) is 0 Å². The van der Waals surface area contributed by atoms with Crippen LogP contribution in [0.2, 0.25) is 0 Å². The van der Waals surface area contributed by atoms with Gasteiger partial charge in [0.2, 0.25) is 0 Å². The second-order valence-corrected chi connectivity index (χ2v) is 8.10. The number of carboxylic acid groups (broad SMARTS) is 1. The van der Waals surface area contributed by atoms with Crippen LogP contribution < -0.4 is 4.74 Å². The molecule has 142 valence electrons.